The summed E-state index contributed by atoms with van der Waals surface area (Å²) in [5, 5.41) is 8.21. The Morgan fingerprint density at radius 3 is 2.34 bits per heavy atom. The molecule has 1 saturated heterocycles. The van der Waals surface area contributed by atoms with E-state index in [9.17, 15) is 0 Å². The number of anilines is 1. The van der Waals surface area contributed by atoms with E-state index in [0.717, 1.165) is 61.7 Å². The molecule has 0 bridgehead atoms. The molecule has 1 aromatic carbocycles. The summed E-state index contributed by atoms with van der Waals surface area (Å²) in [4.78, 5) is 18.2. The first-order chi connectivity index (χ1) is 15.2. The summed E-state index contributed by atoms with van der Waals surface area (Å²) in [6, 6.07) is 12.1. The van der Waals surface area contributed by atoms with Gasteiger partial charge in [0.2, 0.25) is 5.95 Å². The lowest BCUT2D eigenvalue weighted by atomic mass is 10.2. The van der Waals surface area contributed by atoms with Crippen molar-refractivity contribution >= 4 is 35.9 Å². The number of aryl methyl sites for hydroxylation is 1. The molecule has 8 nitrogen and oxygen atoms in total. The zero-order valence-electron chi connectivity index (χ0n) is 18.9. The molecule has 1 aliphatic heterocycles. The summed E-state index contributed by atoms with van der Waals surface area (Å²) in [6.07, 6.45) is 3.58. The zero-order valence-corrected chi connectivity index (χ0v) is 21.2. The highest BCUT2D eigenvalue weighted by Crippen LogP contribution is 2.19. The number of para-hydroxylation sites is 1. The topological polar surface area (TPSA) is 74.5 Å². The first-order valence-electron chi connectivity index (χ1n) is 10.8. The Morgan fingerprint density at radius 1 is 1.00 bits per heavy atom. The molecule has 0 saturated carbocycles. The first kappa shape index (κ1) is 24.0. The van der Waals surface area contributed by atoms with Crippen LogP contribution in [0.5, 0.6) is 0 Å². The van der Waals surface area contributed by atoms with Crippen molar-refractivity contribution in [1.82, 2.24) is 30.0 Å². The number of hydrogen-bond acceptors (Lipinski definition) is 5. The number of halogens is 1. The normalized spacial score (nSPS) is 14.3. The maximum absolute atomic E-state index is 4.96. The lowest BCUT2D eigenvalue weighted by Crippen LogP contribution is -2.53. The monoisotopic (exact) mass is 546 g/mol. The molecule has 170 valence electrons. The average Bonchev–Trinajstić information content (AvgIpc) is 3.11. The zero-order chi connectivity index (χ0) is 21.6. The fourth-order valence-electron chi connectivity index (χ4n) is 3.88. The van der Waals surface area contributed by atoms with Crippen LogP contribution in [0, 0.1) is 13.8 Å². The molecule has 3 aromatic rings. The summed E-state index contributed by atoms with van der Waals surface area (Å²) in [5.41, 5.74) is 4.40. The van der Waals surface area contributed by atoms with Gasteiger partial charge in [0.1, 0.15) is 0 Å². The SMILES string of the molecule is CCNC(=NCc1c(C)nn(-c2ccccc2)c1C)N1CCN(c2ncccn2)CC1.I. The number of piperazine rings is 1. The molecule has 0 aliphatic carbocycles. The number of nitrogens with zero attached hydrogens (tertiary/aromatic N) is 7. The van der Waals surface area contributed by atoms with Gasteiger partial charge in [0.25, 0.3) is 0 Å². The molecule has 4 rings (SSSR count). The van der Waals surface area contributed by atoms with E-state index in [4.69, 9.17) is 10.1 Å². The van der Waals surface area contributed by atoms with E-state index in [2.05, 4.69) is 58.0 Å². The van der Waals surface area contributed by atoms with Crippen LogP contribution in [0.2, 0.25) is 0 Å². The van der Waals surface area contributed by atoms with Crippen molar-refractivity contribution < 1.29 is 0 Å². The summed E-state index contributed by atoms with van der Waals surface area (Å²) >= 11 is 0. The second kappa shape index (κ2) is 11.3. The van der Waals surface area contributed by atoms with Gasteiger partial charge in [-0.05, 0) is 39.0 Å². The number of rotatable bonds is 5. The number of guanidine groups is 1. The predicted octanol–water partition coefficient (Wildman–Crippen LogP) is 3.18. The lowest BCUT2D eigenvalue weighted by molar-refractivity contribution is 0.370. The van der Waals surface area contributed by atoms with Gasteiger partial charge in [-0.3, -0.25) is 0 Å². The minimum atomic E-state index is 0. The van der Waals surface area contributed by atoms with E-state index in [-0.39, 0.29) is 24.0 Å². The van der Waals surface area contributed by atoms with Crippen LogP contribution >= 0.6 is 24.0 Å². The Kier molecular flexibility index (Phi) is 8.43. The molecule has 0 amide bonds. The van der Waals surface area contributed by atoms with Gasteiger partial charge in [0, 0.05) is 56.4 Å². The summed E-state index contributed by atoms with van der Waals surface area (Å²) in [6.45, 7) is 11.2. The van der Waals surface area contributed by atoms with E-state index >= 15 is 0 Å². The minimum absolute atomic E-state index is 0. The van der Waals surface area contributed by atoms with Crippen molar-refractivity contribution in [3.05, 3.63) is 65.7 Å². The maximum atomic E-state index is 4.96. The van der Waals surface area contributed by atoms with Gasteiger partial charge in [0.05, 0.1) is 17.9 Å². The molecular formula is C23H31IN8. The van der Waals surface area contributed by atoms with Gasteiger partial charge in [-0.2, -0.15) is 5.10 Å². The Balaban J connectivity index is 0.00000289. The van der Waals surface area contributed by atoms with E-state index in [0.29, 0.717) is 6.54 Å². The molecule has 0 atom stereocenters. The van der Waals surface area contributed by atoms with Crippen LogP contribution in [0.15, 0.2) is 53.8 Å². The molecule has 32 heavy (non-hydrogen) atoms. The van der Waals surface area contributed by atoms with Crippen LogP contribution in [-0.4, -0.2) is 63.3 Å². The molecule has 1 fully saturated rings. The van der Waals surface area contributed by atoms with Crippen LogP contribution < -0.4 is 10.2 Å². The predicted molar refractivity (Wildman–Crippen MR) is 139 cm³/mol. The molecule has 0 unspecified atom stereocenters. The molecule has 0 radical (unpaired) electrons. The molecule has 0 spiro atoms. The number of nitrogens with one attached hydrogen (secondary N) is 1. The van der Waals surface area contributed by atoms with Crippen molar-refractivity contribution in [2.45, 2.75) is 27.3 Å². The van der Waals surface area contributed by atoms with Crippen LogP contribution in [0.3, 0.4) is 0 Å². The second-order valence-electron chi connectivity index (χ2n) is 7.59. The van der Waals surface area contributed by atoms with E-state index in [1.807, 2.05) is 28.9 Å². The van der Waals surface area contributed by atoms with Crippen LogP contribution in [0.4, 0.5) is 5.95 Å². The van der Waals surface area contributed by atoms with Crippen molar-refractivity contribution in [2.24, 2.45) is 4.99 Å². The van der Waals surface area contributed by atoms with E-state index in [1.54, 1.807) is 12.4 Å². The third-order valence-corrected chi connectivity index (χ3v) is 5.58. The van der Waals surface area contributed by atoms with Gasteiger partial charge in [0.15, 0.2) is 5.96 Å². The number of benzene rings is 1. The first-order valence-corrected chi connectivity index (χ1v) is 10.8. The highest BCUT2D eigenvalue weighted by Gasteiger charge is 2.21. The van der Waals surface area contributed by atoms with E-state index < -0.39 is 0 Å². The van der Waals surface area contributed by atoms with Crippen LogP contribution in [-0.2, 0) is 6.54 Å². The molecule has 1 aliphatic rings. The molecular weight excluding hydrogens is 515 g/mol. The fraction of sp³-hybridized carbons (Fsp3) is 0.391. The fourth-order valence-corrected chi connectivity index (χ4v) is 3.88. The minimum Gasteiger partial charge on any atom is -0.357 e. The Labute approximate surface area is 206 Å². The molecule has 2 aromatic heterocycles. The van der Waals surface area contributed by atoms with Crippen molar-refractivity contribution in [3.8, 4) is 5.69 Å². The van der Waals surface area contributed by atoms with Gasteiger partial charge >= 0.3 is 0 Å². The van der Waals surface area contributed by atoms with E-state index in [1.165, 1.54) is 5.56 Å². The smallest absolute Gasteiger partial charge is 0.225 e. The van der Waals surface area contributed by atoms with Crippen LogP contribution in [0.25, 0.3) is 5.69 Å². The number of aliphatic imine (C=N–C) groups is 1. The lowest BCUT2D eigenvalue weighted by Gasteiger charge is -2.36. The second-order valence-corrected chi connectivity index (χ2v) is 7.59. The highest BCUT2D eigenvalue weighted by atomic mass is 127. The standard InChI is InChI=1S/C23H30N8.HI/c1-4-24-22(29-13-15-30(16-14-29)23-25-11-8-12-26-23)27-17-21-18(2)28-31(19(21)3)20-9-6-5-7-10-20;/h5-12H,4,13-17H2,1-3H3,(H,24,27);1H. The van der Waals surface area contributed by atoms with Crippen LogP contribution in [0.1, 0.15) is 23.9 Å². The maximum Gasteiger partial charge on any atom is 0.225 e. The third-order valence-electron chi connectivity index (χ3n) is 5.58. The summed E-state index contributed by atoms with van der Waals surface area (Å²) in [5.74, 6) is 1.74. The molecule has 3 heterocycles. The molecule has 1 N–H and O–H groups in total. The average molecular weight is 546 g/mol. The van der Waals surface area contributed by atoms with Gasteiger partial charge in [-0.1, -0.05) is 18.2 Å². The van der Waals surface area contributed by atoms with Gasteiger partial charge in [-0.25, -0.2) is 19.6 Å². The Morgan fingerprint density at radius 2 is 1.69 bits per heavy atom. The number of aromatic nitrogens is 4. The summed E-state index contributed by atoms with van der Waals surface area (Å²) < 4.78 is 2.01. The Bertz CT molecular complexity index is 1010. The van der Waals surface area contributed by atoms with Gasteiger partial charge < -0.3 is 15.1 Å². The quantitative estimate of drug-likeness (QED) is 0.301. The number of hydrogen-bond donors (Lipinski definition) is 1. The third kappa shape index (κ3) is 5.37. The molecule has 9 heteroatoms. The largest absolute Gasteiger partial charge is 0.357 e. The highest BCUT2D eigenvalue weighted by molar-refractivity contribution is 14.0. The Hall–Kier alpha value is -2.69. The van der Waals surface area contributed by atoms with Crippen molar-refractivity contribution in [2.75, 3.05) is 37.6 Å². The van der Waals surface area contributed by atoms with Crippen molar-refractivity contribution in [1.29, 1.82) is 0 Å². The van der Waals surface area contributed by atoms with Gasteiger partial charge in [-0.15, -0.1) is 24.0 Å². The van der Waals surface area contributed by atoms with Crippen molar-refractivity contribution in [3.63, 3.8) is 0 Å². The summed E-state index contributed by atoms with van der Waals surface area (Å²) in [7, 11) is 0.